The fourth-order valence-corrected chi connectivity index (χ4v) is 3.80. The first-order valence-corrected chi connectivity index (χ1v) is 12.7. The van der Waals surface area contributed by atoms with Crippen LogP contribution < -0.4 is 15.4 Å². The Morgan fingerprint density at radius 1 is 0.974 bits per heavy atom. The molecule has 0 spiro atoms. The molecule has 2 unspecified atom stereocenters. The lowest BCUT2D eigenvalue weighted by atomic mass is 9.91. The SMILES string of the molecule is CCC(C)(C)N(C(=O)C(CO)NC(=O)OC(C)(C)C)C(C(=O)Nc1ccc(OC)cc1)c1ccc(C)cc1. The number of nitrogens with zero attached hydrogens (tertiary/aromatic N) is 1. The monoisotopic (exact) mass is 527 g/mol. The summed E-state index contributed by atoms with van der Waals surface area (Å²) >= 11 is 0. The normalized spacial score (nSPS) is 13.2. The number of amides is 3. The summed E-state index contributed by atoms with van der Waals surface area (Å²) in [6.07, 6.45) is -0.338. The van der Waals surface area contributed by atoms with Crippen LogP contribution in [0, 0.1) is 6.92 Å². The topological polar surface area (TPSA) is 117 Å². The first-order chi connectivity index (χ1) is 17.7. The molecule has 9 heteroatoms. The van der Waals surface area contributed by atoms with E-state index in [2.05, 4.69) is 10.6 Å². The first kappa shape index (κ1) is 30.6. The average Bonchev–Trinajstić information content (AvgIpc) is 2.85. The summed E-state index contributed by atoms with van der Waals surface area (Å²) in [4.78, 5) is 41.8. The minimum absolute atomic E-state index is 0.442. The van der Waals surface area contributed by atoms with Crippen molar-refractivity contribution >= 4 is 23.6 Å². The molecule has 0 saturated carbocycles. The van der Waals surface area contributed by atoms with Gasteiger partial charge < -0.3 is 30.1 Å². The van der Waals surface area contributed by atoms with E-state index in [1.165, 1.54) is 4.90 Å². The lowest BCUT2D eigenvalue weighted by Crippen LogP contribution is -2.59. The summed E-state index contributed by atoms with van der Waals surface area (Å²) in [7, 11) is 1.56. The fraction of sp³-hybridized carbons (Fsp3) is 0.483. The van der Waals surface area contributed by atoms with Crippen LogP contribution in [0.25, 0.3) is 0 Å². The predicted octanol–water partition coefficient (Wildman–Crippen LogP) is 4.59. The van der Waals surface area contributed by atoms with Gasteiger partial charge in [-0.1, -0.05) is 36.8 Å². The summed E-state index contributed by atoms with van der Waals surface area (Å²) < 4.78 is 10.5. The Labute approximate surface area is 225 Å². The second kappa shape index (κ2) is 12.8. The smallest absolute Gasteiger partial charge is 0.408 e. The highest BCUT2D eigenvalue weighted by Crippen LogP contribution is 2.33. The molecule has 208 valence electrons. The van der Waals surface area contributed by atoms with Gasteiger partial charge in [0.15, 0.2) is 0 Å². The van der Waals surface area contributed by atoms with Crippen molar-refractivity contribution < 1.29 is 29.0 Å². The first-order valence-electron chi connectivity index (χ1n) is 12.7. The van der Waals surface area contributed by atoms with Crippen molar-refractivity contribution in [2.75, 3.05) is 19.0 Å². The molecule has 2 aromatic carbocycles. The summed E-state index contributed by atoms with van der Waals surface area (Å²) in [5, 5.41) is 15.5. The zero-order valence-corrected chi connectivity index (χ0v) is 23.6. The Bertz CT molecular complexity index is 1090. The molecule has 2 atom stereocenters. The number of aliphatic hydroxyl groups is 1. The van der Waals surface area contributed by atoms with Crippen LogP contribution in [0.2, 0.25) is 0 Å². The summed E-state index contributed by atoms with van der Waals surface area (Å²) in [5.41, 5.74) is 0.492. The number of carbonyl (C=O) groups excluding carboxylic acids is 3. The number of ether oxygens (including phenoxy) is 2. The minimum Gasteiger partial charge on any atom is -0.497 e. The summed E-state index contributed by atoms with van der Waals surface area (Å²) in [6, 6.07) is 11.8. The largest absolute Gasteiger partial charge is 0.497 e. The Hall–Kier alpha value is -3.59. The molecule has 0 saturated heterocycles. The second-order valence-electron chi connectivity index (χ2n) is 10.8. The maximum absolute atomic E-state index is 14.0. The van der Waals surface area contributed by atoms with E-state index in [0.29, 0.717) is 23.4 Å². The molecule has 0 aliphatic heterocycles. The highest BCUT2D eigenvalue weighted by molar-refractivity contribution is 5.99. The van der Waals surface area contributed by atoms with Crippen molar-refractivity contribution in [1.29, 1.82) is 0 Å². The van der Waals surface area contributed by atoms with E-state index in [1.807, 2.05) is 39.8 Å². The van der Waals surface area contributed by atoms with Gasteiger partial charge in [-0.2, -0.15) is 0 Å². The maximum atomic E-state index is 14.0. The number of aliphatic hydroxyl groups excluding tert-OH is 1. The van der Waals surface area contributed by atoms with Crippen LogP contribution in [-0.2, 0) is 14.3 Å². The van der Waals surface area contributed by atoms with Gasteiger partial charge in [0.2, 0.25) is 5.91 Å². The van der Waals surface area contributed by atoms with Gasteiger partial charge in [0.05, 0.1) is 13.7 Å². The van der Waals surface area contributed by atoms with E-state index >= 15 is 0 Å². The molecular formula is C29H41N3O6. The molecule has 0 heterocycles. The third kappa shape index (κ3) is 8.21. The number of hydrogen-bond acceptors (Lipinski definition) is 6. The number of benzene rings is 2. The second-order valence-corrected chi connectivity index (χ2v) is 10.8. The lowest BCUT2D eigenvalue weighted by Gasteiger charge is -2.44. The number of methoxy groups -OCH3 is 1. The van der Waals surface area contributed by atoms with Crippen molar-refractivity contribution in [1.82, 2.24) is 10.2 Å². The molecule has 3 N–H and O–H groups in total. The predicted molar refractivity (Wildman–Crippen MR) is 147 cm³/mol. The van der Waals surface area contributed by atoms with E-state index in [0.717, 1.165) is 5.56 Å². The number of carbonyl (C=O) groups is 3. The standard InChI is InChI=1S/C29H41N3O6/c1-9-29(6,7)32(26(35)23(18-33)31-27(36)38-28(3,4)5)24(20-12-10-19(2)11-13-20)25(34)30-21-14-16-22(37-8)17-15-21/h10-17,23-24,33H,9,18H2,1-8H3,(H,30,34)(H,31,36). The van der Waals surface area contributed by atoms with Crippen LogP contribution in [0.3, 0.4) is 0 Å². The van der Waals surface area contributed by atoms with Crippen LogP contribution in [0.15, 0.2) is 48.5 Å². The molecule has 0 bridgehead atoms. The van der Waals surface area contributed by atoms with Gasteiger partial charge in [-0.25, -0.2) is 4.79 Å². The quantitative estimate of drug-likeness (QED) is 0.416. The molecule has 2 rings (SSSR count). The summed E-state index contributed by atoms with van der Waals surface area (Å²) in [6.45, 7) is 12.0. The van der Waals surface area contributed by atoms with Crippen LogP contribution in [0.4, 0.5) is 10.5 Å². The molecular weight excluding hydrogens is 486 g/mol. The molecule has 2 aromatic rings. The van der Waals surface area contributed by atoms with Gasteiger partial charge in [-0.15, -0.1) is 0 Å². The maximum Gasteiger partial charge on any atom is 0.408 e. The van der Waals surface area contributed by atoms with E-state index in [1.54, 1.807) is 64.3 Å². The fourth-order valence-electron chi connectivity index (χ4n) is 3.80. The molecule has 38 heavy (non-hydrogen) atoms. The lowest BCUT2D eigenvalue weighted by molar-refractivity contribution is -0.148. The molecule has 0 aliphatic carbocycles. The number of anilines is 1. The van der Waals surface area contributed by atoms with Crippen LogP contribution in [0.1, 0.15) is 65.1 Å². The molecule has 0 fully saturated rings. The van der Waals surface area contributed by atoms with Gasteiger partial charge in [-0.05, 0) is 77.8 Å². The van der Waals surface area contributed by atoms with Crippen LogP contribution in [-0.4, -0.2) is 58.8 Å². The number of aryl methyl sites for hydroxylation is 1. The number of rotatable bonds is 10. The Morgan fingerprint density at radius 2 is 1.55 bits per heavy atom. The van der Waals surface area contributed by atoms with Crippen LogP contribution >= 0.6 is 0 Å². The third-order valence-electron chi connectivity index (χ3n) is 6.18. The number of hydrogen-bond donors (Lipinski definition) is 3. The molecule has 0 aliphatic rings. The van der Waals surface area contributed by atoms with Gasteiger partial charge in [0.25, 0.3) is 5.91 Å². The minimum atomic E-state index is -1.32. The zero-order chi connectivity index (χ0) is 28.7. The van der Waals surface area contributed by atoms with Gasteiger partial charge >= 0.3 is 6.09 Å². The van der Waals surface area contributed by atoms with Crippen molar-refractivity contribution in [3.63, 3.8) is 0 Å². The van der Waals surface area contributed by atoms with Gasteiger partial charge in [-0.3, -0.25) is 9.59 Å². The van der Waals surface area contributed by atoms with Gasteiger partial charge in [0.1, 0.15) is 23.4 Å². The third-order valence-corrected chi connectivity index (χ3v) is 6.18. The Morgan fingerprint density at radius 3 is 2.03 bits per heavy atom. The van der Waals surface area contributed by atoms with E-state index < -0.39 is 47.7 Å². The van der Waals surface area contributed by atoms with E-state index in [9.17, 15) is 19.5 Å². The van der Waals surface area contributed by atoms with Crippen LogP contribution in [0.5, 0.6) is 5.75 Å². The van der Waals surface area contributed by atoms with Gasteiger partial charge in [0, 0.05) is 11.2 Å². The number of alkyl carbamates (subject to hydrolysis) is 1. The van der Waals surface area contributed by atoms with Crippen molar-refractivity contribution in [2.45, 2.75) is 78.1 Å². The Kier molecular flexibility index (Phi) is 10.3. The van der Waals surface area contributed by atoms with Crippen molar-refractivity contribution in [3.05, 3.63) is 59.7 Å². The molecule has 0 radical (unpaired) electrons. The van der Waals surface area contributed by atoms with E-state index in [4.69, 9.17) is 9.47 Å². The molecule has 0 aromatic heterocycles. The molecule has 9 nitrogen and oxygen atoms in total. The summed E-state index contributed by atoms with van der Waals surface area (Å²) in [5.74, 6) is -0.412. The number of nitrogens with one attached hydrogen (secondary N) is 2. The highest BCUT2D eigenvalue weighted by atomic mass is 16.6. The Balaban J connectivity index is 2.54. The average molecular weight is 528 g/mol. The highest BCUT2D eigenvalue weighted by Gasteiger charge is 2.43. The molecule has 3 amide bonds. The van der Waals surface area contributed by atoms with E-state index in [-0.39, 0.29) is 0 Å². The van der Waals surface area contributed by atoms with Crippen molar-refractivity contribution in [3.8, 4) is 5.75 Å². The zero-order valence-electron chi connectivity index (χ0n) is 23.6. The van der Waals surface area contributed by atoms with Crippen molar-refractivity contribution in [2.24, 2.45) is 0 Å².